The Morgan fingerprint density at radius 3 is 2.76 bits per heavy atom. The number of rotatable bonds is 7. The monoisotopic (exact) mass is 342 g/mol. The Morgan fingerprint density at radius 2 is 2.04 bits per heavy atom. The summed E-state index contributed by atoms with van der Waals surface area (Å²) in [4.78, 5) is 12.0. The zero-order chi connectivity index (χ0) is 18.1. The fraction of sp³-hybridized carbons (Fsp3) is 0.211. The van der Waals surface area contributed by atoms with Crippen LogP contribution in [0.4, 0.5) is 14.9 Å². The topological polar surface area (TPSA) is 70.6 Å². The number of hydrogen-bond acceptors (Lipinski definition) is 3. The van der Waals surface area contributed by atoms with E-state index in [9.17, 15) is 14.3 Å². The Kier molecular flexibility index (Phi) is 6.81. The van der Waals surface area contributed by atoms with Gasteiger partial charge in [0.1, 0.15) is 18.2 Å². The first-order chi connectivity index (χ1) is 12.1. The summed E-state index contributed by atoms with van der Waals surface area (Å²) in [5.41, 5.74) is 1.12. The third kappa shape index (κ3) is 6.16. The van der Waals surface area contributed by atoms with Crippen LogP contribution in [0, 0.1) is 18.2 Å². The molecule has 2 rings (SSSR count). The number of carbonyl (C=O) groups is 1. The van der Waals surface area contributed by atoms with E-state index in [1.165, 1.54) is 12.1 Å². The molecule has 0 aliphatic carbocycles. The number of terminal acetylenes is 1. The Hall–Kier alpha value is -3.04. The van der Waals surface area contributed by atoms with E-state index in [1.54, 1.807) is 0 Å². The number of aliphatic hydroxyl groups is 1. The van der Waals surface area contributed by atoms with Crippen LogP contribution in [0.3, 0.4) is 0 Å². The zero-order valence-electron chi connectivity index (χ0n) is 13.5. The number of anilines is 1. The van der Waals surface area contributed by atoms with Crippen molar-refractivity contribution in [3.8, 4) is 18.1 Å². The van der Waals surface area contributed by atoms with Gasteiger partial charge in [-0.05, 0) is 17.7 Å². The van der Waals surface area contributed by atoms with Gasteiger partial charge in [-0.1, -0.05) is 36.3 Å². The van der Waals surface area contributed by atoms with E-state index in [-0.39, 0.29) is 24.6 Å². The summed E-state index contributed by atoms with van der Waals surface area (Å²) in [5.74, 6) is 2.04. The van der Waals surface area contributed by atoms with Crippen molar-refractivity contribution in [2.24, 2.45) is 0 Å². The normalized spacial score (nSPS) is 11.2. The van der Waals surface area contributed by atoms with Gasteiger partial charge in [0.15, 0.2) is 0 Å². The van der Waals surface area contributed by atoms with Gasteiger partial charge < -0.3 is 20.5 Å². The molecule has 0 fully saturated rings. The van der Waals surface area contributed by atoms with Crippen molar-refractivity contribution in [1.82, 2.24) is 5.32 Å². The molecule has 1 unspecified atom stereocenters. The van der Waals surface area contributed by atoms with Crippen LogP contribution in [0.25, 0.3) is 0 Å². The summed E-state index contributed by atoms with van der Waals surface area (Å²) in [6.45, 7) is 0.0499. The quantitative estimate of drug-likeness (QED) is 0.677. The molecule has 5 nitrogen and oxygen atoms in total. The second-order valence-electron chi connectivity index (χ2n) is 5.31. The molecule has 0 aliphatic heterocycles. The van der Waals surface area contributed by atoms with Crippen LogP contribution in [-0.4, -0.2) is 30.4 Å². The lowest BCUT2D eigenvalue weighted by Gasteiger charge is -2.14. The fourth-order valence-electron chi connectivity index (χ4n) is 2.18. The second kappa shape index (κ2) is 9.30. The maximum atomic E-state index is 13.4. The zero-order valence-corrected chi connectivity index (χ0v) is 13.5. The molecule has 0 spiro atoms. The smallest absolute Gasteiger partial charge is 0.319 e. The molecule has 2 aromatic carbocycles. The number of amides is 2. The van der Waals surface area contributed by atoms with E-state index >= 15 is 0 Å². The molecule has 6 heteroatoms. The Labute approximate surface area is 145 Å². The number of nitrogens with one attached hydrogen (secondary N) is 2. The number of carbonyl (C=O) groups excluding carboxylic acids is 1. The molecule has 3 N–H and O–H groups in total. The van der Waals surface area contributed by atoms with E-state index in [2.05, 4.69) is 16.6 Å². The summed E-state index contributed by atoms with van der Waals surface area (Å²) >= 11 is 0. The van der Waals surface area contributed by atoms with Crippen LogP contribution in [0.15, 0.2) is 48.5 Å². The minimum Gasteiger partial charge on any atom is -0.479 e. The van der Waals surface area contributed by atoms with Crippen LogP contribution in [0.2, 0.25) is 0 Å². The van der Waals surface area contributed by atoms with Gasteiger partial charge in [0, 0.05) is 19.0 Å². The molecule has 0 bridgehead atoms. The van der Waals surface area contributed by atoms with Gasteiger partial charge in [-0.2, -0.15) is 0 Å². The highest BCUT2D eigenvalue weighted by molar-refractivity contribution is 5.90. The Balaban J connectivity index is 1.87. The predicted molar refractivity (Wildman–Crippen MR) is 93.9 cm³/mol. The van der Waals surface area contributed by atoms with Gasteiger partial charge >= 0.3 is 6.03 Å². The second-order valence-corrected chi connectivity index (χ2v) is 5.31. The van der Waals surface area contributed by atoms with E-state index < -0.39 is 18.0 Å². The van der Waals surface area contributed by atoms with Gasteiger partial charge in [0.25, 0.3) is 0 Å². The molecule has 2 amide bonds. The van der Waals surface area contributed by atoms with Crippen molar-refractivity contribution in [3.05, 3.63) is 59.9 Å². The molecule has 0 aliphatic rings. The Morgan fingerprint density at radius 1 is 1.28 bits per heavy atom. The van der Waals surface area contributed by atoms with E-state index in [0.29, 0.717) is 6.42 Å². The Bertz CT molecular complexity index is 744. The number of ether oxygens (including phenoxy) is 1. The van der Waals surface area contributed by atoms with Gasteiger partial charge in [0.05, 0.1) is 11.8 Å². The maximum absolute atomic E-state index is 13.4. The van der Waals surface area contributed by atoms with Crippen LogP contribution in [0.5, 0.6) is 5.75 Å². The largest absolute Gasteiger partial charge is 0.479 e. The van der Waals surface area contributed by atoms with Crippen LogP contribution in [-0.2, 0) is 6.42 Å². The molecule has 1 atom stereocenters. The van der Waals surface area contributed by atoms with Crippen LogP contribution >= 0.6 is 0 Å². The lowest BCUT2D eigenvalue weighted by molar-refractivity contribution is 0.172. The van der Waals surface area contributed by atoms with Crippen molar-refractivity contribution < 1.29 is 19.0 Å². The van der Waals surface area contributed by atoms with Crippen molar-refractivity contribution in [3.63, 3.8) is 0 Å². The predicted octanol–water partition coefficient (Wildman–Crippen LogP) is 2.56. The van der Waals surface area contributed by atoms with Crippen molar-refractivity contribution in [2.75, 3.05) is 18.5 Å². The van der Waals surface area contributed by atoms with E-state index in [1.807, 2.05) is 30.3 Å². The average molecular weight is 342 g/mol. The van der Waals surface area contributed by atoms with E-state index in [4.69, 9.17) is 11.2 Å². The highest BCUT2D eigenvalue weighted by Crippen LogP contribution is 2.25. The van der Waals surface area contributed by atoms with Crippen molar-refractivity contribution in [1.29, 1.82) is 0 Å². The summed E-state index contributed by atoms with van der Waals surface area (Å²) < 4.78 is 18.6. The average Bonchev–Trinajstić information content (AvgIpc) is 2.60. The molecule has 2 aromatic rings. The number of halogens is 1. The van der Waals surface area contributed by atoms with Gasteiger partial charge in [-0.15, -0.1) is 6.42 Å². The minimum absolute atomic E-state index is 0.00226. The molecule has 0 radical (unpaired) electrons. The number of hydrogen-bond donors (Lipinski definition) is 3. The summed E-state index contributed by atoms with van der Waals surface area (Å²) in [6, 6.07) is 12.6. The molecule has 25 heavy (non-hydrogen) atoms. The maximum Gasteiger partial charge on any atom is 0.319 e. The molecule has 0 heterocycles. The number of benzene rings is 2. The molecule has 130 valence electrons. The first-order valence-electron chi connectivity index (χ1n) is 7.71. The highest BCUT2D eigenvalue weighted by atomic mass is 19.1. The van der Waals surface area contributed by atoms with E-state index in [0.717, 1.165) is 11.6 Å². The highest BCUT2D eigenvalue weighted by Gasteiger charge is 2.11. The molecule has 0 aromatic heterocycles. The summed E-state index contributed by atoms with van der Waals surface area (Å²) in [5, 5.41) is 15.0. The van der Waals surface area contributed by atoms with Gasteiger partial charge in [0.2, 0.25) is 0 Å². The third-order valence-electron chi connectivity index (χ3n) is 3.31. The van der Waals surface area contributed by atoms with Crippen LogP contribution in [0.1, 0.15) is 5.56 Å². The lowest BCUT2D eigenvalue weighted by atomic mass is 10.1. The third-order valence-corrected chi connectivity index (χ3v) is 3.31. The minimum atomic E-state index is -0.738. The SMILES string of the molecule is C#CCOc1ccc(F)cc1NC(=O)NCC(O)Cc1ccccc1. The first-order valence-corrected chi connectivity index (χ1v) is 7.71. The molecule has 0 saturated carbocycles. The van der Waals surface area contributed by atoms with Gasteiger partial charge in [-0.3, -0.25) is 0 Å². The first kappa shape index (κ1) is 18.3. The summed E-state index contributed by atoms with van der Waals surface area (Å²) in [7, 11) is 0. The van der Waals surface area contributed by atoms with Crippen LogP contribution < -0.4 is 15.4 Å². The summed E-state index contributed by atoms with van der Waals surface area (Å²) in [6.07, 6.45) is 4.80. The van der Waals surface area contributed by atoms with Gasteiger partial charge in [-0.25, -0.2) is 9.18 Å². The number of urea groups is 1. The fourth-order valence-corrected chi connectivity index (χ4v) is 2.18. The molecule has 0 saturated heterocycles. The van der Waals surface area contributed by atoms with Crippen molar-refractivity contribution >= 4 is 11.7 Å². The standard InChI is InChI=1S/C19H19FN2O3/c1-2-10-25-18-9-8-15(20)12-17(18)22-19(24)21-13-16(23)11-14-6-4-3-5-7-14/h1,3-9,12,16,23H,10-11,13H2,(H2,21,22,24). The molecular weight excluding hydrogens is 323 g/mol. The molecular formula is C19H19FN2O3. The van der Waals surface area contributed by atoms with Crippen molar-refractivity contribution in [2.45, 2.75) is 12.5 Å². The lowest BCUT2D eigenvalue weighted by Crippen LogP contribution is -2.36. The number of aliphatic hydroxyl groups excluding tert-OH is 1.